The lowest BCUT2D eigenvalue weighted by atomic mass is 10.0. The van der Waals surface area contributed by atoms with E-state index in [0.29, 0.717) is 6.61 Å². The Morgan fingerprint density at radius 2 is 2.12 bits per heavy atom. The van der Waals surface area contributed by atoms with Crippen LogP contribution in [0.3, 0.4) is 0 Å². The molecular formula is C13H19NO2. The summed E-state index contributed by atoms with van der Waals surface area (Å²) < 4.78 is 4.85. The Hall–Kier alpha value is -1.51. The number of benzene rings is 1. The van der Waals surface area contributed by atoms with Crippen LogP contribution in [0.5, 0.6) is 0 Å². The normalized spacial score (nSPS) is 12.0. The smallest absolute Gasteiger partial charge is 0.407 e. The summed E-state index contributed by atoms with van der Waals surface area (Å²) in [6.45, 7) is 8.24. The summed E-state index contributed by atoms with van der Waals surface area (Å²) in [7, 11) is 0. The van der Waals surface area contributed by atoms with Crippen molar-refractivity contribution in [3.8, 4) is 0 Å². The lowest BCUT2D eigenvalue weighted by molar-refractivity contribution is 0.149. The van der Waals surface area contributed by atoms with Crippen LogP contribution in [0.2, 0.25) is 0 Å². The molecule has 1 aromatic rings. The molecule has 1 atom stereocenters. The molecule has 16 heavy (non-hydrogen) atoms. The summed E-state index contributed by atoms with van der Waals surface area (Å²) >= 11 is 0. The van der Waals surface area contributed by atoms with E-state index in [1.165, 1.54) is 11.1 Å². The first kappa shape index (κ1) is 12.6. The molecule has 3 nitrogen and oxygen atoms in total. The molecular weight excluding hydrogens is 202 g/mol. The number of carbonyl (C=O) groups excluding carboxylic acids is 1. The number of nitrogens with one attached hydrogen (secondary N) is 1. The van der Waals surface area contributed by atoms with Crippen LogP contribution in [0.15, 0.2) is 18.2 Å². The Bertz CT molecular complexity index is 374. The minimum Gasteiger partial charge on any atom is -0.450 e. The van der Waals surface area contributed by atoms with E-state index in [4.69, 9.17) is 4.74 Å². The molecule has 0 saturated carbocycles. The average Bonchev–Trinajstić information content (AvgIpc) is 2.17. The first-order valence-corrected chi connectivity index (χ1v) is 5.55. The van der Waals surface area contributed by atoms with Crippen LogP contribution in [-0.2, 0) is 4.74 Å². The molecule has 3 heteroatoms. The maximum absolute atomic E-state index is 11.3. The Morgan fingerprint density at radius 3 is 2.69 bits per heavy atom. The van der Waals surface area contributed by atoms with Gasteiger partial charge in [0.1, 0.15) is 0 Å². The van der Waals surface area contributed by atoms with Gasteiger partial charge in [-0.1, -0.05) is 23.8 Å². The second-order valence-electron chi connectivity index (χ2n) is 3.95. The van der Waals surface area contributed by atoms with Crippen LogP contribution in [0.1, 0.15) is 36.6 Å². The third-order valence-electron chi connectivity index (χ3n) is 2.50. The number of carbonyl (C=O) groups is 1. The van der Waals surface area contributed by atoms with Gasteiger partial charge in [-0.15, -0.1) is 0 Å². The fourth-order valence-electron chi connectivity index (χ4n) is 1.74. The zero-order valence-electron chi connectivity index (χ0n) is 10.3. The van der Waals surface area contributed by atoms with Crippen molar-refractivity contribution in [2.75, 3.05) is 6.61 Å². The molecule has 0 saturated heterocycles. The SMILES string of the molecule is CCOC(=O)N[C@@H](C)c1ccc(C)cc1C. The summed E-state index contributed by atoms with van der Waals surface area (Å²) in [6.07, 6.45) is -0.366. The van der Waals surface area contributed by atoms with Gasteiger partial charge < -0.3 is 10.1 Å². The van der Waals surface area contributed by atoms with E-state index in [2.05, 4.69) is 18.3 Å². The number of ether oxygens (including phenoxy) is 1. The van der Waals surface area contributed by atoms with Crippen molar-refractivity contribution in [3.05, 3.63) is 34.9 Å². The monoisotopic (exact) mass is 221 g/mol. The van der Waals surface area contributed by atoms with E-state index in [9.17, 15) is 4.79 Å². The highest BCUT2D eigenvalue weighted by molar-refractivity contribution is 5.67. The number of hydrogen-bond acceptors (Lipinski definition) is 2. The van der Waals surface area contributed by atoms with Crippen LogP contribution >= 0.6 is 0 Å². The van der Waals surface area contributed by atoms with Crippen LogP contribution in [0.4, 0.5) is 4.79 Å². The molecule has 1 aromatic carbocycles. The van der Waals surface area contributed by atoms with Gasteiger partial charge in [0, 0.05) is 0 Å². The van der Waals surface area contributed by atoms with Gasteiger partial charge in [-0.05, 0) is 38.8 Å². The number of aryl methyl sites for hydroxylation is 2. The van der Waals surface area contributed by atoms with Crippen molar-refractivity contribution in [2.45, 2.75) is 33.7 Å². The number of alkyl carbamates (subject to hydrolysis) is 1. The van der Waals surface area contributed by atoms with Gasteiger partial charge in [-0.3, -0.25) is 0 Å². The Labute approximate surface area is 96.8 Å². The highest BCUT2D eigenvalue weighted by atomic mass is 16.5. The number of rotatable bonds is 3. The predicted molar refractivity (Wildman–Crippen MR) is 64.5 cm³/mol. The van der Waals surface area contributed by atoms with Crippen molar-refractivity contribution in [2.24, 2.45) is 0 Å². The quantitative estimate of drug-likeness (QED) is 0.851. The summed E-state index contributed by atoms with van der Waals surface area (Å²) in [6, 6.07) is 6.17. The van der Waals surface area contributed by atoms with Gasteiger partial charge in [0.25, 0.3) is 0 Å². The first-order chi connectivity index (χ1) is 7.54. The topological polar surface area (TPSA) is 38.3 Å². The van der Waals surface area contributed by atoms with E-state index < -0.39 is 0 Å². The molecule has 0 bridgehead atoms. The third kappa shape index (κ3) is 3.26. The minimum atomic E-state index is -0.366. The molecule has 0 aliphatic rings. The van der Waals surface area contributed by atoms with Gasteiger partial charge in [0.05, 0.1) is 12.6 Å². The van der Waals surface area contributed by atoms with E-state index in [1.807, 2.05) is 26.0 Å². The summed E-state index contributed by atoms with van der Waals surface area (Å²) in [5.41, 5.74) is 3.53. The predicted octanol–water partition coefficient (Wildman–Crippen LogP) is 3.11. The lowest BCUT2D eigenvalue weighted by Crippen LogP contribution is -2.27. The highest BCUT2D eigenvalue weighted by Gasteiger charge is 2.11. The van der Waals surface area contributed by atoms with Gasteiger partial charge in [-0.25, -0.2) is 4.79 Å². The van der Waals surface area contributed by atoms with Crippen molar-refractivity contribution in [1.82, 2.24) is 5.32 Å². The Balaban J connectivity index is 2.72. The zero-order chi connectivity index (χ0) is 12.1. The standard InChI is InChI=1S/C13H19NO2/c1-5-16-13(15)14-11(4)12-7-6-9(2)8-10(12)3/h6-8,11H,5H2,1-4H3,(H,14,15)/t11-/m0/s1. The van der Waals surface area contributed by atoms with Crippen molar-refractivity contribution in [3.63, 3.8) is 0 Å². The fraction of sp³-hybridized carbons (Fsp3) is 0.462. The molecule has 1 rings (SSSR count). The highest BCUT2D eigenvalue weighted by Crippen LogP contribution is 2.18. The number of amides is 1. The molecule has 0 aliphatic carbocycles. The van der Waals surface area contributed by atoms with Crippen molar-refractivity contribution in [1.29, 1.82) is 0 Å². The fourth-order valence-corrected chi connectivity index (χ4v) is 1.74. The number of hydrogen-bond donors (Lipinski definition) is 1. The van der Waals surface area contributed by atoms with E-state index in [0.717, 1.165) is 5.56 Å². The van der Waals surface area contributed by atoms with Crippen LogP contribution in [0, 0.1) is 13.8 Å². The Kier molecular flexibility index (Phi) is 4.35. The Morgan fingerprint density at radius 1 is 1.44 bits per heavy atom. The van der Waals surface area contributed by atoms with Crippen molar-refractivity contribution < 1.29 is 9.53 Å². The largest absolute Gasteiger partial charge is 0.450 e. The first-order valence-electron chi connectivity index (χ1n) is 5.55. The molecule has 0 aromatic heterocycles. The molecule has 0 heterocycles. The molecule has 0 fully saturated rings. The zero-order valence-corrected chi connectivity index (χ0v) is 10.3. The molecule has 0 aliphatic heterocycles. The maximum atomic E-state index is 11.3. The summed E-state index contributed by atoms with van der Waals surface area (Å²) in [4.78, 5) is 11.3. The summed E-state index contributed by atoms with van der Waals surface area (Å²) in [5, 5.41) is 2.80. The molecule has 88 valence electrons. The molecule has 0 radical (unpaired) electrons. The van der Waals surface area contributed by atoms with E-state index in [-0.39, 0.29) is 12.1 Å². The molecule has 1 amide bonds. The molecule has 1 N–H and O–H groups in total. The van der Waals surface area contributed by atoms with Crippen LogP contribution in [-0.4, -0.2) is 12.7 Å². The van der Waals surface area contributed by atoms with Gasteiger partial charge in [0.15, 0.2) is 0 Å². The van der Waals surface area contributed by atoms with Crippen LogP contribution < -0.4 is 5.32 Å². The van der Waals surface area contributed by atoms with E-state index >= 15 is 0 Å². The molecule has 0 unspecified atom stereocenters. The minimum absolute atomic E-state index is 0.0281. The average molecular weight is 221 g/mol. The maximum Gasteiger partial charge on any atom is 0.407 e. The van der Waals surface area contributed by atoms with Gasteiger partial charge in [0.2, 0.25) is 0 Å². The van der Waals surface area contributed by atoms with Crippen molar-refractivity contribution >= 4 is 6.09 Å². The second-order valence-corrected chi connectivity index (χ2v) is 3.95. The lowest BCUT2D eigenvalue weighted by Gasteiger charge is -2.16. The molecule has 0 spiro atoms. The van der Waals surface area contributed by atoms with Crippen LogP contribution in [0.25, 0.3) is 0 Å². The summed E-state index contributed by atoms with van der Waals surface area (Å²) in [5.74, 6) is 0. The second kappa shape index (κ2) is 5.54. The van der Waals surface area contributed by atoms with Gasteiger partial charge in [-0.2, -0.15) is 0 Å². The van der Waals surface area contributed by atoms with Gasteiger partial charge >= 0.3 is 6.09 Å². The third-order valence-corrected chi connectivity index (χ3v) is 2.50. The van der Waals surface area contributed by atoms with E-state index in [1.54, 1.807) is 6.92 Å².